The van der Waals surface area contributed by atoms with Crippen molar-refractivity contribution >= 4 is 12.0 Å². The molecule has 4 nitrogen and oxygen atoms in total. The van der Waals surface area contributed by atoms with Gasteiger partial charge in [0.15, 0.2) is 0 Å². The number of rotatable bonds is 9. The van der Waals surface area contributed by atoms with Gasteiger partial charge < -0.3 is 9.88 Å². The summed E-state index contributed by atoms with van der Waals surface area (Å²) in [6, 6.07) is 11.4. The van der Waals surface area contributed by atoms with Crippen LogP contribution in [0.4, 0.5) is 0 Å². The highest BCUT2D eigenvalue weighted by atomic mass is 16.1. The van der Waals surface area contributed by atoms with Crippen LogP contribution in [0.2, 0.25) is 0 Å². The molecule has 0 atom stereocenters. The minimum Gasteiger partial charge on any atom is -0.348 e. The number of aromatic nitrogens is 1. The van der Waals surface area contributed by atoms with Crippen molar-refractivity contribution in [2.45, 2.75) is 59.7 Å². The summed E-state index contributed by atoms with van der Waals surface area (Å²) >= 11 is 0. The molecule has 1 N–H and O–H groups in total. The second kappa shape index (κ2) is 9.24. The van der Waals surface area contributed by atoms with E-state index in [-0.39, 0.29) is 5.91 Å². The Labute approximate surface area is 169 Å². The average Bonchev–Trinajstić information content (AvgIpc) is 3.49. The maximum Gasteiger partial charge on any atom is 0.244 e. The molecule has 4 heteroatoms. The molecule has 28 heavy (non-hydrogen) atoms. The highest BCUT2D eigenvalue weighted by Gasteiger charge is 2.26. The van der Waals surface area contributed by atoms with Crippen LogP contribution >= 0.6 is 0 Å². The maximum absolute atomic E-state index is 12.2. The van der Waals surface area contributed by atoms with Gasteiger partial charge in [-0.3, -0.25) is 9.69 Å². The van der Waals surface area contributed by atoms with Crippen LogP contribution in [0.3, 0.4) is 0 Å². The van der Waals surface area contributed by atoms with E-state index in [1.807, 2.05) is 6.08 Å². The maximum atomic E-state index is 12.2. The third-order valence-electron chi connectivity index (χ3n) is 5.64. The molecule has 1 amide bonds. The fourth-order valence-corrected chi connectivity index (χ4v) is 3.75. The van der Waals surface area contributed by atoms with Gasteiger partial charge in [0.2, 0.25) is 5.91 Å². The zero-order valence-corrected chi connectivity index (χ0v) is 17.7. The quantitative estimate of drug-likeness (QED) is 0.646. The Morgan fingerprint density at radius 2 is 1.79 bits per heavy atom. The number of aryl methyl sites for hydroxylation is 1. The highest BCUT2D eigenvalue weighted by Crippen LogP contribution is 2.38. The zero-order valence-electron chi connectivity index (χ0n) is 17.7. The lowest BCUT2D eigenvalue weighted by molar-refractivity contribution is -0.116. The van der Waals surface area contributed by atoms with Crippen molar-refractivity contribution < 1.29 is 4.79 Å². The van der Waals surface area contributed by atoms with Crippen molar-refractivity contribution in [1.82, 2.24) is 14.8 Å². The van der Waals surface area contributed by atoms with Gasteiger partial charge in [-0.15, -0.1) is 0 Å². The third kappa shape index (κ3) is 5.14. The second-order valence-electron chi connectivity index (χ2n) is 7.76. The van der Waals surface area contributed by atoms with Gasteiger partial charge in [-0.2, -0.15) is 0 Å². The van der Waals surface area contributed by atoms with Crippen LogP contribution in [0.15, 0.2) is 36.4 Å². The molecule has 0 unspecified atom stereocenters. The molecule has 0 bridgehead atoms. The minimum absolute atomic E-state index is 0.0524. The van der Waals surface area contributed by atoms with Gasteiger partial charge in [0, 0.05) is 36.6 Å². The number of benzene rings is 1. The topological polar surface area (TPSA) is 37.3 Å². The molecule has 1 fully saturated rings. The summed E-state index contributed by atoms with van der Waals surface area (Å²) in [5, 5.41) is 2.98. The van der Waals surface area contributed by atoms with Crippen LogP contribution in [-0.4, -0.2) is 28.5 Å². The first-order valence-corrected chi connectivity index (χ1v) is 10.5. The van der Waals surface area contributed by atoms with Gasteiger partial charge in [0.05, 0.1) is 0 Å². The summed E-state index contributed by atoms with van der Waals surface area (Å²) in [5.41, 5.74) is 6.11. The van der Waals surface area contributed by atoms with Crippen LogP contribution in [0.1, 0.15) is 60.8 Å². The first-order valence-electron chi connectivity index (χ1n) is 10.5. The van der Waals surface area contributed by atoms with E-state index in [9.17, 15) is 4.79 Å². The molecule has 1 aromatic carbocycles. The lowest BCUT2D eigenvalue weighted by Gasteiger charge is -2.18. The number of hydrogen-bond donors (Lipinski definition) is 1. The lowest BCUT2D eigenvalue weighted by Crippen LogP contribution is -2.22. The van der Waals surface area contributed by atoms with E-state index in [1.54, 1.807) is 6.08 Å². The Morgan fingerprint density at radius 1 is 1.14 bits per heavy atom. The smallest absolute Gasteiger partial charge is 0.244 e. The molecule has 3 rings (SSSR count). The van der Waals surface area contributed by atoms with Crippen molar-refractivity contribution in [2.24, 2.45) is 0 Å². The summed E-state index contributed by atoms with van der Waals surface area (Å²) in [5.74, 6) is -0.0524. The molecule has 2 aromatic rings. The predicted octanol–water partition coefficient (Wildman–Crippen LogP) is 4.61. The van der Waals surface area contributed by atoms with Gasteiger partial charge in [-0.05, 0) is 68.6 Å². The van der Waals surface area contributed by atoms with E-state index in [2.05, 4.69) is 72.8 Å². The van der Waals surface area contributed by atoms with Gasteiger partial charge in [-0.1, -0.05) is 38.1 Å². The normalized spacial score (nSPS) is 14.2. The van der Waals surface area contributed by atoms with Gasteiger partial charge in [0.1, 0.15) is 0 Å². The lowest BCUT2D eigenvalue weighted by atomic mass is 10.1. The summed E-state index contributed by atoms with van der Waals surface area (Å²) in [6.07, 6.45) is 6.12. The molecule has 0 radical (unpaired) electrons. The van der Waals surface area contributed by atoms with E-state index in [0.717, 1.165) is 30.8 Å². The van der Waals surface area contributed by atoms with Crippen LogP contribution in [0, 0.1) is 13.8 Å². The van der Waals surface area contributed by atoms with Crippen molar-refractivity contribution in [3.05, 3.63) is 64.5 Å². The number of nitrogens with one attached hydrogen (secondary N) is 1. The Bertz CT molecular complexity index is 824. The number of carbonyl (C=O) groups excluding carboxylic acids is 1. The summed E-state index contributed by atoms with van der Waals surface area (Å²) in [4.78, 5) is 14.6. The van der Waals surface area contributed by atoms with Crippen LogP contribution in [0.5, 0.6) is 0 Å². The molecule has 1 heterocycles. The number of hydrogen-bond acceptors (Lipinski definition) is 2. The molecule has 0 saturated heterocycles. The molecule has 0 aliphatic heterocycles. The fourth-order valence-electron chi connectivity index (χ4n) is 3.75. The number of nitrogens with zero attached hydrogens (tertiary/aromatic N) is 2. The fraction of sp³-hybridized carbons (Fsp3) is 0.458. The summed E-state index contributed by atoms with van der Waals surface area (Å²) in [7, 11) is 0. The standard InChI is InChI=1S/C24H33N3O/c1-5-26(6-2)17-21-9-7-20(8-10-21)16-25-24(28)14-11-22-15-18(3)27(19(22)4)23-12-13-23/h7-11,14-15,23H,5-6,12-13,16-17H2,1-4H3,(H,25,28)/b14-11+. The van der Waals surface area contributed by atoms with Gasteiger partial charge in [-0.25, -0.2) is 0 Å². The van der Waals surface area contributed by atoms with E-state index in [0.29, 0.717) is 12.6 Å². The van der Waals surface area contributed by atoms with E-state index in [4.69, 9.17) is 0 Å². The summed E-state index contributed by atoms with van der Waals surface area (Å²) < 4.78 is 2.40. The molecule has 150 valence electrons. The molecule has 0 spiro atoms. The minimum atomic E-state index is -0.0524. The number of carbonyl (C=O) groups is 1. The van der Waals surface area contributed by atoms with E-state index >= 15 is 0 Å². The molecule has 1 aromatic heterocycles. The molecular weight excluding hydrogens is 346 g/mol. The molecule has 1 aliphatic rings. The Morgan fingerprint density at radius 3 is 2.39 bits per heavy atom. The summed E-state index contributed by atoms with van der Waals surface area (Å²) in [6.45, 7) is 12.3. The largest absolute Gasteiger partial charge is 0.348 e. The van der Waals surface area contributed by atoms with Crippen molar-refractivity contribution in [2.75, 3.05) is 13.1 Å². The van der Waals surface area contributed by atoms with Crippen LogP contribution in [0.25, 0.3) is 6.08 Å². The first kappa shape index (κ1) is 20.4. The van der Waals surface area contributed by atoms with Crippen molar-refractivity contribution in [1.29, 1.82) is 0 Å². The van der Waals surface area contributed by atoms with Crippen molar-refractivity contribution in [3.8, 4) is 0 Å². The monoisotopic (exact) mass is 379 g/mol. The van der Waals surface area contributed by atoms with E-state index in [1.165, 1.54) is 29.8 Å². The Balaban J connectivity index is 1.51. The van der Waals surface area contributed by atoms with Crippen LogP contribution < -0.4 is 5.32 Å². The van der Waals surface area contributed by atoms with Crippen molar-refractivity contribution in [3.63, 3.8) is 0 Å². The third-order valence-corrected chi connectivity index (χ3v) is 5.64. The van der Waals surface area contributed by atoms with Gasteiger partial charge in [0.25, 0.3) is 0 Å². The molecule has 1 aliphatic carbocycles. The highest BCUT2D eigenvalue weighted by molar-refractivity contribution is 5.91. The van der Waals surface area contributed by atoms with Gasteiger partial charge >= 0.3 is 0 Å². The molecular formula is C24H33N3O. The first-order chi connectivity index (χ1) is 13.5. The average molecular weight is 380 g/mol. The number of amides is 1. The predicted molar refractivity (Wildman–Crippen MR) is 116 cm³/mol. The zero-order chi connectivity index (χ0) is 20.1. The van der Waals surface area contributed by atoms with Crippen LogP contribution in [-0.2, 0) is 17.9 Å². The van der Waals surface area contributed by atoms with E-state index < -0.39 is 0 Å². The second-order valence-corrected chi connectivity index (χ2v) is 7.76. The molecule has 1 saturated carbocycles. The Kier molecular flexibility index (Phi) is 6.74. The Hall–Kier alpha value is -2.33. The SMILES string of the molecule is CCN(CC)Cc1ccc(CNC(=O)/C=C/c2cc(C)n(C3CC3)c2C)cc1.